The first-order valence-electron chi connectivity index (χ1n) is 16.0. The molecule has 0 aromatic rings. The van der Waals surface area contributed by atoms with Crippen LogP contribution in [0.2, 0.25) is 0 Å². The van der Waals surface area contributed by atoms with E-state index in [0.717, 1.165) is 54.8 Å². The molecule has 5 aliphatic rings. The van der Waals surface area contributed by atoms with Gasteiger partial charge in [0, 0.05) is 6.42 Å². The Bertz CT molecular complexity index is 841. The number of ether oxygens (including phenoxy) is 2. The topological polar surface area (TPSA) is 79.2 Å². The maximum Gasteiger partial charge on any atom is 0.161 e. The standard InChI is InChI=1S/C33H56O5/c1-20(2)7-6-8-21(3)25-11-12-26-24-10-9-22-17-23(37-30-18-28(35)31(36)29(19-34)38-30)13-15-32(22,4)27(24)14-16-33(25,26)5/h9,20-21,23-31,34-36H,6-8,10-19H2,1-5H3/t21-,23+,24+,25-,26+,27+,28-,29-,30-,31+,32+,33-/m1/s1. The van der Waals surface area contributed by atoms with E-state index in [9.17, 15) is 15.3 Å². The largest absolute Gasteiger partial charge is 0.394 e. The van der Waals surface area contributed by atoms with Crippen LogP contribution in [0.1, 0.15) is 112 Å². The number of aliphatic hydroxyl groups excluding tert-OH is 3. The lowest BCUT2D eigenvalue weighted by atomic mass is 9.47. The van der Waals surface area contributed by atoms with Crippen LogP contribution in [0.25, 0.3) is 0 Å². The Morgan fingerprint density at radius 2 is 1.82 bits per heavy atom. The van der Waals surface area contributed by atoms with Crippen LogP contribution >= 0.6 is 0 Å². The normalized spacial score (nSPS) is 47.7. The van der Waals surface area contributed by atoms with Gasteiger partial charge in [0.2, 0.25) is 0 Å². The fourth-order valence-corrected chi connectivity index (χ4v) is 10.1. The van der Waals surface area contributed by atoms with E-state index in [-0.39, 0.29) is 24.5 Å². The summed E-state index contributed by atoms with van der Waals surface area (Å²) in [6.07, 6.45) is 13.8. The molecule has 0 aromatic carbocycles. The van der Waals surface area contributed by atoms with Crippen LogP contribution in [0.15, 0.2) is 11.6 Å². The molecule has 3 saturated carbocycles. The average molecular weight is 533 g/mol. The van der Waals surface area contributed by atoms with Gasteiger partial charge in [0.25, 0.3) is 0 Å². The van der Waals surface area contributed by atoms with Crippen LogP contribution in [-0.2, 0) is 9.47 Å². The third-order valence-electron chi connectivity index (χ3n) is 12.3. The summed E-state index contributed by atoms with van der Waals surface area (Å²) in [7, 11) is 0. The van der Waals surface area contributed by atoms with Crippen LogP contribution < -0.4 is 0 Å². The Morgan fingerprint density at radius 3 is 2.55 bits per heavy atom. The summed E-state index contributed by atoms with van der Waals surface area (Å²) in [6.45, 7) is 12.2. The maximum atomic E-state index is 10.2. The van der Waals surface area contributed by atoms with Crippen molar-refractivity contribution in [1.82, 2.24) is 0 Å². The first-order valence-corrected chi connectivity index (χ1v) is 16.0. The molecule has 0 amide bonds. The average Bonchev–Trinajstić information content (AvgIpc) is 3.23. The number of allylic oxidation sites excluding steroid dienone is 1. The van der Waals surface area contributed by atoms with Crippen molar-refractivity contribution < 1.29 is 24.8 Å². The number of hydrogen-bond acceptors (Lipinski definition) is 5. The lowest BCUT2D eigenvalue weighted by molar-refractivity contribution is -0.271. The summed E-state index contributed by atoms with van der Waals surface area (Å²) in [4.78, 5) is 0. The van der Waals surface area contributed by atoms with Gasteiger partial charge >= 0.3 is 0 Å². The number of fused-ring (bicyclic) bond motifs is 5. The van der Waals surface area contributed by atoms with Gasteiger partial charge in [-0.25, -0.2) is 0 Å². The predicted molar refractivity (Wildman–Crippen MR) is 150 cm³/mol. The highest BCUT2D eigenvalue weighted by Gasteiger charge is 2.59. The third kappa shape index (κ3) is 5.29. The molecule has 5 nitrogen and oxygen atoms in total. The Kier molecular flexibility index (Phi) is 8.74. The Labute approximate surface area is 231 Å². The van der Waals surface area contributed by atoms with Gasteiger partial charge in [0.05, 0.1) is 18.8 Å². The summed E-state index contributed by atoms with van der Waals surface area (Å²) in [5.74, 6) is 5.07. The summed E-state index contributed by atoms with van der Waals surface area (Å²) in [6, 6.07) is 0. The molecular formula is C33H56O5. The Morgan fingerprint density at radius 1 is 1.03 bits per heavy atom. The quantitative estimate of drug-likeness (QED) is 0.322. The fourth-order valence-electron chi connectivity index (χ4n) is 10.1. The molecule has 5 rings (SSSR count). The second-order valence-electron chi connectivity index (χ2n) is 14.9. The van der Waals surface area contributed by atoms with Crippen LogP contribution in [0.5, 0.6) is 0 Å². The second-order valence-corrected chi connectivity index (χ2v) is 14.9. The van der Waals surface area contributed by atoms with Gasteiger partial charge in [-0.2, -0.15) is 0 Å². The van der Waals surface area contributed by atoms with Crippen molar-refractivity contribution in [2.75, 3.05) is 6.61 Å². The molecule has 0 unspecified atom stereocenters. The highest BCUT2D eigenvalue weighted by Crippen LogP contribution is 2.67. The third-order valence-corrected chi connectivity index (χ3v) is 12.3. The van der Waals surface area contributed by atoms with E-state index in [4.69, 9.17) is 9.47 Å². The van der Waals surface area contributed by atoms with Crippen molar-refractivity contribution in [3.8, 4) is 0 Å². The highest BCUT2D eigenvalue weighted by molar-refractivity contribution is 5.25. The SMILES string of the molecule is CC(C)CCC[C@@H](C)[C@H]1CC[C@H]2[C@@H]3CC=C4C[C@@H](O[C@H]5C[C@@H](O)[C@H](O)[C@@H](CO)O5)CC[C@]4(C)[C@H]3CC[C@]12C. The Balaban J connectivity index is 1.23. The molecule has 0 spiro atoms. The van der Waals surface area contributed by atoms with Gasteiger partial charge in [0.15, 0.2) is 6.29 Å². The van der Waals surface area contributed by atoms with Gasteiger partial charge in [-0.1, -0.05) is 65.5 Å². The van der Waals surface area contributed by atoms with Gasteiger partial charge in [-0.3, -0.25) is 0 Å². The molecule has 0 radical (unpaired) electrons. The van der Waals surface area contributed by atoms with Crippen molar-refractivity contribution in [2.24, 2.45) is 46.3 Å². The van der Waals surface area contributed by atoms with Crippen molar-refractivity contribution in [3.05, 3.63) is 11.6 Å². The molecule has 4 fully saturated rings. The van der Waals surface area contributed by atoms with E-state index in [1.54, 1.807) is 5.57 Å². The zero-order chi connectivity index (χ0) is 27.2. The molecule has 3 N–H and O–H groups in total. The molecular weight excluding hydrogens is 476 g/mol. The van der Waals surface area contributed by atoms with Gasteiger partial charge < -0.3 is 24.8 Å². The molecule has 1 saturated heterocycles. The summed E-state index contributed by atoms with van der Waals surface area (Å²) in [5, 5.41) is 29.8. The predicted octanol–water partition coefficient (Wildman–Crippen LogP) is 6.24. The van der Waals surface area contributed by atoms with Gasteiger partial charge in [0.1, 0.15) is 12.2 Å². The molecule has 12 atom stereocenters. The maximum absolute atomic E-state index is 10.2. The molecule has 0 aromatic heterocycles. The molecule has 4 aliphatic carbocycles. The number of hydrogen-bond donors (Lipinski definition) is 3. The van der Waals surface area contributed by atoms with Gasteiger partial charge in [-0.05, 0) is 97.7 Å². The van der Waals surface area contributed by atoms with E-state index in [2.05, 4.69) is 40.7 Å². The number of rotatable bonds is 8. The minimum Gasteiger partial charge on any atom is -0.394 e. The van der Waals surface area contributed by atoms with E-state index in [0.29, 0.717) is 5.41 Å². The minimum absolute atomic E-state index is 0.0778. The van der Waals surface area contributed by atoms with E-state index >= 15 is 0 Å². The van der Waals surface area contributed by atoms with Crippen molar-refractivity contribution in [2.45, 2.75) is 142 Å². The second kappa shape index (κ2) is 11.4. The van der Waals surface area contributed by atoms with Crippen LogP contribution in [-0.4, -0.2) is 52.6 Å². The van der Waals surface area contributed by atoms with Crippen LogP contribution in [0, 0.1) is 46.3 Å². The zero-order valence-corrected chi connectivity index (χ0v) is 24.8. The monoisotopic (exact) mass is 532 g/mol. The van der Waals surface area contributed by atoms with E-state index < -0.39 is 24.6 Å². The molecule has 1 heterocycles. The molecule has 218 valence electrons. The summed E-state index contributed by atoms with van der Waals surface area (Å²) in [5.41, 5.74) is 2.39. The highest BCUT2D eigenvalue weighted by atomic mass is 16.7. The lowest BCUT2D eigenvalue weighted by Crippen LogP contribution is -2.52. The van der Waals surface area contributed by atoms with E-state index in [1.807, 2.05) is 0 Å². The van der Waals surface area contributed by atoms with Gasteiger partial charge in [-0.15, -0.1) is 0 Å². The molecule has 1 aliphatic heterocycles. The Hall–Kier alpha value is -0.460. The van der Waals surface area contributed by atoms with Crippen LogP contribution in [0.3, 0.4) is 0 Å². The van der Waals surface area contributed by atoms with E-state index in [1.165, 1.54) is 51.4 Å². The van der Waals surface area contributed by atoms with Crippen molar-refractivity contribution in [1.29, 1.82) is 0 Å². The first-order chi connectivity index (χ1) is 18.1. The zero-order valence-electron chi connectivity index (χ0n) is 24.8. The summed E-state index contributed by atoms with van der Waals surface area (Å²) < 4.78 is 12.1. The smallest absolute Gasteiger partial charge is 0.161 e. The lowest BCUT2D eigenvalue weighted by Gasteiger charge is -2.58. The number of aliphatic hydroxyl groups is 3. The molecule has 38 heavy (non-hydrogen) atoms. The fraction of sp³-hybridized carbons (Fsp3) is 0.939. The van der Waals surface area contributed by atoms with Crippen molar-refractivity contribution in [3.63, 3.8) is 0 Å². The molecule has 5 heteroatoms. The summed E-state index contributed by atoms with van der Waals surface area (Å²) >= 11 is 0. The first kappa shape index (κ1) is 29.0. The van der Waals surface area contributed by atoms with Crippen LogP contribution in [0.4, 0.5) is 0 Å². The molecule has 0 bridgehead atoms. The minimum atomic E-state index is -1.05. The van der Waals surface area contributed by atoms with Crippen molar-refractivity contribution >= 4 is 0 Å².